The van der Waals surface area contributed by atoms with Crippen molar-refractivity contribution >= 4 is 29.7 Å². The minimum atomic E-state index is -1.40. The number of urea groups is 1. The van der Waals surface area contributed by atoms with Crippen LogP contribution >= 0.6 is 0 Å². The summed E-state index contributed by atoms with van der Waals surface area (Å²) in [7, 11) is 1.42. The predicted molar refractivity (Wildman–Crippen MR) is 248 cm³/mol. The number of carbonyl (C=O) groups is 5. The summed E-state index contributed by atoms with van der Waals surface area (Å²) in [5.74, 6) is -1.48. The molecule has 350 valence electrons. The topological polar surface area (TPSA) is 295 Å². The normalized spacial score (nSPS) is 16.6. The van der Waals surface area contributed by atoms with E-state index >= 15 is 0 Å². The zero-order valence-corrected chi connectivity index (χ0v) is 38.2. The Morgan fingerprint density at radius 2 is 1.58 bits per heavy atom. The summed E-state index contributed by atoms with van der Waals surface area (Å²) < 4.78 is 12.2. The van der Waals surface area contributed by atoms with Gasteiger partial charge in [0.1, 0.15) is 55.5 Å². The fourth-order valence-corrected chi connectivity index (χ4v) is 7.32. The molecule has 0 unspecified atom stereocenters. The van der Waals surface area contributed by atoms with Crippen LogP contribution in [0.25, 0.3) is 22.5 Å². The third kappa shape index (κ3) is 12.6. The van der Waals surface area contributed by atoms with Gasteiger partial charge in [-0.3, -0.25) is 19.2 Å². The zero-order chi connectivity index (χ0) is 48.1. The fraction of sp³-hybridized carbons (Fsp3) is 0.404. The van der Waals surface area contributed by atoms with Gasteiger partial charge in [-0.25, -0.2) is 14.8 Å². The highest BCUT2D eigenvalue weighted by Gasteiger charge is 2.36. The molecule has 4 bridgehead atoms. The van der Waals surface area contributed by atoms with Crippen LogP contribution in [0.3, 0.4) is 0 Å². The lowest BCUT2D eigenvalue weighted by Gasteiger charge is -2.32. The number of nitriles is 1. The summed E-state index contributed by atoms with van der Waals surface area (Å²) in [6.45, 7) is 9.90. The van der Waals surface area contributed by atoms with Crippen molar-refractivity contribution in [2.75, 3.05) is 46.4 Å². The number of fused-ring (bicyclic) bond motifs is 5. The highest BCUT2D eigenvalue weighted by Crippen LogP contribution is 2.40. The number of amides is 6. The van der Waals surface area contributed by atoms with Crippen LogP contribution in [0.5, 0.6) is 11.5 Å². The molecule has 0 spiro atoms. The number of rotatable bonds is 15. The Kier molecular flexibility index (Phi) is 17.1. The van der Waals surface area contributed by atoms with Crippen LogP contribution < -0.4 is 53.3 Å². The number of carbonyl (C=O) groups excluding carboxylic acids is 5. The summed E-state index contributed by atoms with van der Waals surface area (Å²) in [4.78, 5) is 79.9. The van der Waals surface area contributed by atoms with Crippen LogP contribution in [0.1, 0.15) is 72.9 Å². The summed E-state index contributed by atoms with van der Waals surface area (Å²) in [5.41, 5.74) is 22.0. The molecule has 0 saturated heterocycles. The van der Waals surface area contributed by atoms with Gasteiger partial charge >= 0.3 is 6.03 Å². The van der Waals surface area contributed by atoms with Crippen LogP contribution in [-0.4, -0.2) is 109 Å². The average molecular weight is 905 g/mol. The van der Waals surface area contributed by atoms with E-state index in [-0.39, 0.29) is 63.2 Å². The Labute approximate surface area is 384 Å². The molecule has 66 heavy (non-hydrogen) atoms. The lowest BCUT2D eigenvalue weighted by molar-refractivity contribution is -0.141. The van der Waals surface area contributed by atoms with E-state index in [4.69, 9.17) is 31.9 Å². The Morgan fingerprint density at radius 1 is 0.924 bits per heavy atom. The number of hydrogen-bond donors (Lipinski definition) is 8. The molecule has 19 nitrogen and oxygen atoms in total. The molecular weight excluding hydrogens is 845 g/mol. The SMILES string of the molecule is Cc1nc(-c2ccc(C(C)(C)C)cc2)ncc1C(=O)N[C@@H](CCN)C(=O)N(C)[C@@H]1C(=O)N[C@@H](C)C(=O)N[C@H](NC(=O)NCC#N)Cc2ccc(OCCN)c(c2)-c2cc1ccc2OCCN. The molecule has 0 saturated carbocycles. The minimum absolute atomic E-state index is 0.000553. The van der Waals surface area contributed by atoms with Gasteiger partial charge in [-0.2, -0.15) is 5.26 Å². The van der Waals surface area contributed by atoms with Crippen LogP contribution in [-0.2, 0) is 26.2 Å². The summed E-state index contributed by atoms with van der Waals surface area (Å²) >= 11 is 0. The molecule has 0 fully saturated rings. The molecule has 6 amide bonds. The second-order valence-corrected chi connectivity index (χ2v) is 16.8. The Bertz CT molecular complexity index is 2430. The first-order valence-corrected chi connectivity index (χ1v) is 21.7. The number of nitrogens with one attached hydrogen (secondary N) is 5. The third-order valence-electron chi connectivity index (χ3n) is 10.8. The molecule has 11 N–H and O–H groups in total. The predicted octanol–water partition coefficient (Wildman–Crippen LogP) is 2.06. The van der Waals surface area contributed by atoms with Gasteiger partial charge < -0.3 is 58.2 Å². The molecule has 4 aromatic rings. The minimum Gasteiger partial charge on any atom is -0.492 e. The summed E-state index contributed by atoms with van der Waals surface area (Å²) in [6.07, 6.45) is 0.463. The zero-order valence-electron chi connectivity index (χ0n) is 38.2. The van der Waals surface area contributed by atoms with Crippen molar-refractivity contribution in [2.45, 2.75) is 77.2 Å². The van der Waals surface area contributed by atoms with Crippen molar-refractivity contribution in [1.82, 2.24) is 41.5 Å². The second-order valence-electron chi connectivity index (χ2n) is 16.8. The van der Waals surface area contributed by atoms with Gasteiger partial charge in [0, 0.05) is 49.4 Å². The van der Waals surface area contributed by atoms with Crippen molar-refractivity contribution in [3.8, 4) is 40.1 Å². The molecule has 1 aliphatic heterocycles. The highest BCUT2D eigenvalue weighted by molar-refractivity contribution is 5.99. The van der Waals surface area contributed by atoms with Gasteiger partial charge in [0.15, 0.2) is 5.82 Å². The van der Waals surface area contributed by atoms with E-state index in [2.05, 4.69) is 57.3 Å². The van der Waals surface area contributed by atoms with E-state index in [0.29, 0.717) is 45.3 Å². The quantitative estimate of drug-likeness (QED) is 0.0794. The molecule has 0 aliphatic carbocycles. The number of nitrogens with two attached hydrogens (primary N) is 3. The Hall–Kier alpha value is -7.14. The molecule has 0 radical (unpaired) electrons. The number of hydrogen-bond acceptors (Lipinski definition) is 13. The molecule has 3 aromatic carbocycles. The maximum absolute atomic E-state index is 14.7. The highest BCUT2D eigenvalue weighted by atomic mass is 16.5. The van der Waals surface area contributed by atoms with Gasteiger partial charge in [-0.15, -0.1) is 0 Å². The number of likely N-dealkylation sites (N-methyl/N-ethyl adjacent to an activating group) is 1. The standard InChI is InChI=1S/C47H60N12O7/c1-27-35(26-53-41(54-27)30-8-11-32(12-9-30)47(3,4)5)43(61)56-36(15-16-48)45(63)59(6)40-31-10-14-38(66-22-19-51)34(25-31)33-23-29(7-13-37(33)65-21-18-50)24-39(58-46(64)52-20-17-49)57-42(60)28(2)55-44(40)62/h7-14,23,25-26,28,36,39-40H,15-16,18-22,24,48,50-51H2,1-6H3,(H,55,62)(H,56,61)(H,57,60)(H2,52,58,64)/t28-,36-,39+,40-/m0/s1. The first-order chi connectivity index (χ1) is 31.5. The first-order valence-electron chi connectivity index (χ1n) is 21.7. The van der Waals surface area contributed by atoms with E-state index in [9.17, 15) is 24.0 Å². The molecule has 1 aliphatic rings. The Balaban J connectivity index is 1.55. The number of nitrogens with zero attached hydrogens (tertiary/aromatic N) is 4. The number of aromatic nitrogens is 2. The lowest BCUT2D eigenvalue weighted by atomic mass is 9.87. The third-order valence-corrected chi connectivity index (χ3v) is 10.8. The number of aryl methyl sites for hydroxylation is 1. The van der Waals surface area contributed by atoms with Gasteiger partial charge in [-0.1, -0.05) is 57.2 Å². The van der Waals surface area contributed by atoms with E-state index in [0.717, 1.165) is 11.1 Å². The largest absolute Gasteiger partial charge is 0.492 e. The summed E-state index contributed by atoms with van der Waals surface area (Å²) in [5, 5.41) is 22.4. The van der Waals surface area contributed by atoms with Crippen molar-refractivity contribution in [3.63, 3.8) is 0 Å². The number of benzene rings is 3. The van der Waals surface area contributed by atoms with E-state index in [1.807, 2.05) is 30.3 Å². The molecule has 4 atom stereocenters. The van der Waals surface area contributed by atoms with Crippen molar-refractivity contribution in [2.24, 2.45) is 17.2 Å². The molecular formula is C47H60N12O7. The lowest BCUT2D eigenvalue weighted by Crippen LogP contribution is -2.57. The maximum atomic E-state index is 14.7. The van der Waals surface area contributed by atoms with E-state index in [1.54, 1.807) is 43.3 Å². The van der Waals surface area contributed by atoms with Crippen LogP contribution in [0, 0.1) is 18.3 Å². The summed E-state index contributed by atoms with van der Waals surface area (Å²) in [6, 6.07) is 15.4. The monoisotopic (exact) mass is 904 g/mol. The smallest absolute Gasteiger partial charge is 0.317 e. The van der Waals surface area contributed by atoms with Gasteiger partial charge in [0.2, 0.25) is 17.7 Å². The number of ether oxygens (including phenoxy) is 2. The van der Waals surface area contributed by atoms with Gasteiger partial charge in [0.25, 0.3) is 5.91 Å². The van der Waals surface area contributed by atoms with Gasteiger partial charge in [-0.05, 0) is 73.2 Å². The average Bonchev–Trinajstić information content (AvgIpc) is 3.28. The maximum Gasteiger partial charge on any atom is 0.317 e. The molecule has 1 aromatic heterocycles. The van der Waals surface area contributed by atoms with Crippen molar-refractivity contribution in [3.05, 3.63) is 94.8 Å². The van der Waals surface area contributed by atoms with Crippen molar-refractivity contribution in [1.29, 1.82) is 5.26 Å². The second kappa shape index (κ2) is 22.7. The van der Waals surface area contributed by atoms with E-state index in [1.165, 1.54) is 25.1 Å². The fourth-order valence-electron chi connectivity index (χ4n) is 7.32. The van der Waals surface area contributed by atoms with Crippen LogP contribution in [0.2, 0.25) is 0 Å². The molecule has 19 heteroatoms. The van der Waals surface area contributed by atoms with Crippen LogP contribution in [0.4, 0.5) is 4.79 Å². The van der Waals surface area contributed by atoms with Gasteiger partial charge in [0.05, 0.1) is 17.3 Å². The van der Waals surface area contributed by atoms with Crippen molar-refractivity contribution < 1.29 is 33.4 Å². The van der Waals surface area contributed by atoms with Crippen LogP contribution in [0.15, 0.2) is 66.9 Å². The Morgan fingerprint density at radius 3 is 2.18 bits per heavy atom. The first kappa shape index (κ1) is 49.9. The molecule has 5 rings (SSSR count). The molecule has 2 heterocycles. The van der Waals surface area contributed by atoms with E-state index < -0.39 is 54.0 Å².